The SMILES string of the molecule is NS(=O)(=O)c1cccc(NC(=O)C2CC(C(=O)O)=NO2)c1. The first-order valence-corrected chi connectivity index (χ1v) is 7.22. The highest BCUT2D eigenvalue weighted by molar-refractivity contribution is 7.89. The number of benzene rings is 1. The molecule has 0 bridgehead atoms. The van der Waals surface area contributed by atoms with Gasteiger partial charge in [0.15, 0.2) is 5.71 Å². The van der Waals surface area contributed by atoms with Gasteiger partial charge in [0.25, 0.3) is 5.91 Å². The van der Waals surface area contributed by atoms with Crippen molar-refractivity contribution < 1.29 is 28.0 Å². The van der Waals surface area contributed by atoms with E-state index in [0.29, 0.717) is 0 Å². The molecule has 1 unspecified atom stereocenters. The Bertz CT molecular complexity index is 727. The number of amides is 1. The van der Waals surface area contributed by atoms with Crippen molar-refractivity contribution in [3.63, 3.8) is 0 Å². The molecular formula is C11H11N3O6S. The van der Waals surface area contributed by atoms with E-state index in [4.69, 9.17) is 15.1 Å². The Morgan fingerprint density at radius 2 is 2.14 bits per heavy atom. The van der Waals surface area contributed by atoms with Gasteiger partial charge in [0.2, 0.25) is 16.1 Å². The fourth-order valence-electron chi connectivity index (χ4n) is 1.62. The standard InChI is InChI=1S/C11H11N3O6S/c12-21(18,19)7-3-1-2-6(4-7)13-10(15)9-5-8(11(16)17)14-20-9/h1-4,9H,5H2,(H,13,15)(H,16,17)(H2,12,18,19). The number of aliphatic carboxylic acids is 1. The molecule has 0 saturated carbocycles. The molecule has 9 nitrogen and oxygen atoms in total. The third-order valence-corrected chi connectivity index (χ3v) is 3.55. The Hall–Kier alpha value is -2.46. The smallest absolute Gasteiger partial charge is 0.353 e. The normalized spacial score (nSPS) is 17.8. The molecule has 1 aliphatic heterocycles. The van der Waals surface area contributed by atoms with Gasteiger partial charge in [0.05, 0.1) is 4.90 Å². The van der Waals surface area contributed by atoms with E-state index in [0.717, 1.165) is 0 Å². The van der Waals surface area contributed by atoms with Crippen molar-refractivity contribution in [3.05, 3.63) is 24.3 Å². The Morgan fingerprint density at radius 1 is 1.43 bits per heavy atom. The molecule has 10 heteroatoms. The van der Waals surface area contributed by atoms with E-state index in [9.17, 15) is 18.0 Å². The second-order valence-electron chi connectivity index (χ2n) is 4.20. The highest BCUT2D eigenvalue weighted by Crippen LogP contribution is 2.17. The van der Waals surface area contributed by atoms with Gasteiger partial charge in [-0.3, -0.25) is 4.79 Å². The average molecular weight is 313 g/mol. The lowest BCUT2D eigenvalue weighted by molar-refractivity contribution is -0.129. The number of oxime groups is 1. The van der Waals surface area contributed by atoms with E-state index < -0.39 is 28.0 Å². The van der Waals surface area contributed by atoms with Gasteiger partial charge in [0.1, 0.15) is 0 Å². The number of sulfonamides is 1. The number of nitrogens with one attached hydrogen (secondary N) is 1. The van der Waals surface area contributed by atoms with Crippen LogP contribution in [0, 0.1) is 0 Å². The van der Waals surface area contributed by atoms with Gasteiger partial charge in [0, 0.05) is 12.1 Å². The zero-order chi connectivity index (χ0) is 15.6. The molecule has 1 aromatic carbocycles. The summed E-state index contributed by atoms with van der Waals surface area (Å²) in [5, 5.41) is 19.4. The number of nitrogens with zero attached hydrogens (tertiary/aromatic N) is 1. The Kier molecular flexibility index (Phi) is 3.91. The Balaban J connectivity index is 2.06. The van der Waals surface area contributed by atoms with Crippen LogP contribution >= 0.6 is 0 Å². The molecule has 0 saturated heterocycles. The molecule has 4 N–H and O–H groups in total. The minimum atomic E-state index is -3.88. The summed E-state index contributed by atoms with van der Waals surface area (Å²) in [5.74, 6) is -1.90. The molecule has 0 radical (unpaired) electrons. The van der Waals surface area contributed by atoms with Crippen LogP contribution in [0.15, 0.2) is 34.3 Å². The maximum Gasteiger partial charge on any atom is 0.353 e. The largest absolute Gasteiger partial charge is 0.477 e. The van der Waals surface area contributed by atoms with Gasteiger partial charge in [-0.1, -0.05) is 11.2 Å². The summed E-state index contributed by atoms with van der Waals surface area (Å²) in [6.07, 6.45) is -1.25. The molecule has 1 aliphatic rings. The summed E-state index contributed by atoms with van der Waals surface area (Å²) in [7, 11) is -3.88. The quantitative estimate of drug-likeness (QED) is 0.682. The number of carboxylic acids is 1. The van der Waals surface area contributed by atoms with E-state index >= 15 is 0 Å². The van der Waals surface area contributed by atoms with Crippen LogP contribution in [0.5, 0.6) is 0 Å². The third-order valence-electron chi connectivity index (χ3n) is 2.64. The van der Waals surface area contributed by atoms with Crippen LogP contribution in [0.1, 0.15) is 6.42 Å². The van der Waals surface area contributed by atoms with Gasteiger partial charge in [-0.15, -0.1) is 0 Å². The summed E-state index contributed by atoms with van der Waals surface area (Å²) in [5.41, 5.74) is -0.0627. The van der Waals surface area contributed by atoms with E-state index in [1.165, 1.54) is 24.3 Å². The van der Waals surface area contributed by atoms with Crippen LogP contribution < -0.4 is 10.5 Å². The number of carbonyl (C=O) groups excluding carboxylic acids is 1. The maximum atomic E-state index is 11.9. The van der Waals surface area contributed by atoms with Crippen LogP contribution in [-0.2, 0) is 24.4 Å². The Morgan fingerprint density at radius 3 is 2.71 bits per heavy atom. The topological polar surface area (TPSA) is 148 Å². The molecule has 0 aromatic heterocycles. The molecule has 0 spiro atoms. The Labute approximate surface area is 119 Å². The number of carboxylic acid groups (broad SMARTS) is 1. The highest BCUT2D eigenvalue weighted by Gasteiger charge is 2.31. The van der Waals surface area contributed by atoms with Crippen molar-refractivity contribution in [2.45, 2.75) is 17.4 Å². The highest BCUT2D eigenvalue weighted by atomic mass is 32.2. The summed E-state index contributed by atoms with van der Waals surface area (Å²) < 4.78 is 22.4. The zero-order valence-electron chi connectivity index (χ0n) is 10.5. The van der Waals surface area contributed by atoms with Gasteiger partial charge >= 0.3 is 5.97 Å². The first-order chi connectivity index (χ1) is 9.77. The predicted molar refractivity (Wildman–Crippen MR) is 71.0 cm³/mol. The van der Waals surface area contributed by atoms with Gasteiger partial charge in [-0.05, 0) is 18.2 Å². The van der Waals surface area contributed by atoms with Crippen LogP contribution in [0.25, 0.3) is 0 Å². The number of hydrogen-bond donors (Lipinski definition) is 3. The molecule has 1 atom stereocenters. The molecule has 1 heterocycles. The number of hydrogen-bond acceptors (Lipinski definition) is 6. The predicted octanol–water partition coefficient (Wildman–Crippen LogP) is -0.498. The molecule has 2 rings (SSSR count). The zero-order valence-corrected chi connectivity index (χ0v) is 11.3. The molecular weight excluding hydrogens is 302 g/mol. The van der Waals surface area contributed by atoms with Crippen molar-refractivity contribution >= 4 is 33.3 Å². The number of nitrogens with two attached hydrogens (primary N) is 1. The molecule has 0 aliphatic carbocycles. The van der Waals surface area contributed by atoms with Crippen molar-refractivity contribution in [2.24, 2.45) is 10.3 Å². The van der Waals surface area contributed by atoms with Crippen LogP contribution in [0.3, 0.4) is 0 Å². The van der Waals surface area contributed by atoms with Gasteiger partial charge in [-0.2, -0.15) is 0 Å². The number of anilines is 1. The number of primary sulfonamides is 1. The fraction of sp³-hybridized carbons (Fsp3) is 0.182. The van der Waals surface area contributed by atoms with E-state index in [-0.39, 0.29) is 22.7 Å². The van der Waals surface area contributed by atoms with Crippen molar-refractivity contribution in [1.82, 2.24) is 0 Å². The van der Waals surface area contributed by atoms with Crippen LogP contribution in [0.4, 0.5) is 5.69 Å². The van der Waals surface area contributed by atoms with Crippen molar-refractivity contribution in [2.75, 3.05) is 5.32 Å². The second-order valence-corrected chi connectivity index (χ2v) is 5.76. The maximum absolute atomic E-state index is 11.9. The van der Waals surface area contributed by atoms with Gasteiger partial charge in [-0.25, -0.2) is 18.4 Å². The summed E-state index contributed by atoms with van der Waals surface area (Å²) in [6.45, 7) is 0. The molecule has 1 aromatic rings. The first-order valence-electron chi connectivity index (χ1n) is 5.67. The number of rotatable bonds is 4. The lowest BCUT2D eigenvalue weighted by atomic mass is 10.1. The molecule has 112 valence electrons. The summed E-state index contributed by atoms with van der Waals surface area (Å²) in [4.78, 5) is 27.1. The van der Waals surface area contributed by atoms with Gasteiger partial charge < -0.3 is 15.3 Å². The average Bonchev–Trinajstić information content (AvgIpc) is 2.88. The van der Waals surface area contributed by atoms with Crippen LogP contribution in [0.2, 0.25) is 0 Å². The molecule has 0 fully saturated rings. The monoisotopic (exact) mass is 313 g/mol. The minimum absolute atomic E-state index is 0.157. The van der Waals surface area contributed by atoms with E-state index in [2.05, 4.69) is 10.5 Å². The molecule has 21 heavy (non-hydrogen) atoms. The lowest BCUT2D eigenvalue weighted by Gasteiger charge is -2.10. The second kappa shape index (κ2) is 5.50. The van der Waals surface area contributed by atoms with E-state index in [1.807, 2.05) is 0 Å². The van der Waals surface area contributed by atoms with E-state index in [1.54, 1.807) is 0 Å². The van der Waals surface area contributed by atoms with Crippen molar-refractivity contribution in [3.8, 4) is 0 Å². The molecule has 1 amide bonds. The summed E-state index contributed by atoms with van der Waals surface area (Å²) >= 11 is 0. The van der Waals surface area contributed by atoms with Crippen molar-refractivity contribution in [1.29, 1.82) is 0 Å². The number of carbonyl (C=O) groups is 2. The first kappa shape index (κ1) is 14.9. The minimum Gasteiger partial charge on any atom is -0.477 e. The fourth-order valence-corrected chi connectivity index (χ4v) is 2.18. The lowest BCUT2D eigenvalue weighted by Crippen LogP contribution is -2.29. The summed E-state index contributed by atoms with van der Waals surface area (Å²) in [6, 6.07) is 5.33. The van der Waals surface area contributed by atoms with Crippen LogP contribution in [-0.4, -0.2) is 37.2 Å². The third kappa shape index (κ3) is 3.55.